The van der Waals surface area contributed by atoms with Gasteiger partial charge in [-0.1, -0.05) is 53.5 Å². The Labute approximate surface area is 165 Å². The smallest absolute Gasteiger partial charge is 0.411 e. The second kappa shape index (κ2) is 8.66. The number of benzene rings is 2. The van der Waals surface area contributed by atoms with Gasteiger partial charge >= 0.3 is 6.09 Å². The molecule has 26 heavy (non-hydrogen) atoms. The summed E-state index contributed by atoms with van der Waals surface area (Å²) in [6.45, 7) is 0.162. The van der Waals surface area contributed by atoms with Crippen LogP contribution in [0.5, 0.6) is 0 Å². The fourth-order valence-corrected chi connectivity index (χ4v) is 3.93. The van der Waals surface area contributed by atoms with Gasteiger partial charge in [-0.25, -0.2) is 4.79 Å². The second-order valence-corrected chi connectivity index (χ2v) is 7.48. The number of carbonyl (C=O) groups is 2. The minimum Gasteiger partial charge on any atom is -0.445 e. The SMILES string of the molecule is O=C(Nc1cc(Cl)ccc1Cl)[C@@H]1CSCN1C(=O)OCc1ccccc1. The summed E-state index contributed by atoms with van der Waals surface area (Å²) in [6.07, 6.45) is -0.517. The van der Waals surface area contributed by atoms with Crippen molar-refractivity contribution in [1.29, 1.82) is 0 Å². The van der Waals surface area contributed by atoms with Crippen LogP contribution < -0.4 is 5.32 Å². The molecule has 1 atom stereocenters. The normalized spacial score (nSPS) is 16.4. The molecule has 0 radical (unpaired) electrons. The second-order valence-electron chi connectivity index (χ2n) is 5.64. The predicted molar refractivity (Wildman–Crippen MR) is 105 cm³/mol. The van der Waals surface area contributed by atoms with E-state index in [-0.39, 0.29) is 12.5 Å². The van der Waals surface area contributed by atoms with Crippen molar-refractivity contribution >= 4 is 52.7 Å². The zero-order chi connectivity index (χ0) is 18.5. The van der Waals surface area contributed by atoms with Crippen molar-refractivity contribution in [1.82, 2.24) is 4.90 Å². The summed E-state index contributed by atoms with van der Waals surface area (Å²) >= 11 is 13.5. The van der Waals surface area contributed by atoms with Gasteiger partial charge in [-0.2, -0.15) is 0 Å². The van der Waals surface area contributed by atoms with Crippen molar-refractivity contribution < 1.29 is 14.3 Å². The highest BCUT2D eigenvalue weighted by atomic mass is 35.5. The van der Waals surface area contributed by atoms with E-state index in [4.69, 9.17) is 27.9 Å². The minimum absolute atomic E-state index is 0.162. The van der Waals surface area contributed by atoms with E-state index in [1.54, 1.807) is 18.2 Å². The van der Waals surface area contributed by atoms with Crippen molar-refractivity contribution in [2.24, 2.45) is 0 Å². The lowest BCUT2D eigenvalue weighted by molar-refractivity contribution is -0.119. The van der Waals surface area contributed by atoms with Gasteiger partial charge in [0.15, 0.2) is 0 Å². The number of amides is 2. The zero-order valence-electron chi connectivity index (χ0n) is 13.7. The molecule has 1 heterocycles. The summed E-state index contributed by atoms with van der Waals surface area (Å²) in [4.78, 5) is 26.4. The van der Waals surface area contributed by atoms with Gasteiger partial charge in [0, 0.05) is 10.8 Å². The summed E-state index contributed by atoms with van der Waals surface area (Å²) in [5.41, 5.74) is 1.30. The van der Waals surface area contributed by atoms with Crippen LogP contribution in [-0.4, -0.2) is 34.6 Å². The molecule has 1 N–H and O–H groups in total. The standard InChI is InChI=1S/C18H16Cl2N2O3S/c19-13-6-7-14(20)15(8-13)21-17(23)16-10-26-11-22(16)18(24)25-9-12-4-2-1-3-5-12/h1-8,16H,9-11H2,(H,21,23)/t16-/m0/s1. The van der Waals surface area contributed by atoms with E-state index in [0.717, 1.165) is 5.56 Å². The molecule has 2 aromatic rings. The van der Waals surface area contributed by atoms with E-state index in [0.29, 0.717) is 27.4 Å². The van der Waals surface area contributed by atoms with E-state index in [1.165, 1.54) is 16.7 Å². The molecule has 0 unspecified atom stereocenters. The summed E-state index contributed by atoms with van der Waals surface area (Å²) in [7, 11) is 0. The van der Waals surface area contributed by atoms with Crippen LogP contribution in [0.3, 0.4) is 0 Å². The molecule has 5 nitrogen and oxygen atoms in total. The molecule has 8 heteroatoms. The van der Waals surface area contributed by atoms with Crippen LogP contribution in [-0.2, 0) is 16.1 Å². The Morgan fingerprint density at radius 3 is 2.73 bits per heavy atom. The predicted octanol–water partition coefficient (Wildman–Crippen LogP) is 4.64. The fourth-order valence-electron chi connectivity index (χ4n) is 2.45. The largest absolute Gasteiger partial charge is 0.445 e. The van der Waals surface area contributed by atoms with Gasteiger partial charge in [0.25, 0.3) is 0 Å². The van der Waals surface area contributed by atoms with Crippen molar-refractivity contribution in [3.05, 3.63) is 64.1 Å². The number of hydrogen-bond acceptors (Lipinski definition) is 4. The molecule has 1 fully saturated rings. The van der Waals surface area contributed by atoms with Crippen LogP contribution in [0.2, 0.25) is 10.0 Å². The number of rotatable bonds is 4. The van der Waals surface area contributed by atoms with Crippen LogP contribution in [0.15, 0.2) is 48.5 Å². The summed E-state index contributed by atoms with van der Waals surface area (Å²) < 4.78 is 5.33. The van der Waals surface area contributed by atoms with E-state index in [9.17, 15) is 9.59 Å². The van der Waals surface area contributed by atoms with Gasteiger partial charge in [-0.3, -0.25) is 9.69 Å². The Kier molecular flexibility index (Phi) is 6.29. The fraction of sp³-hybridized carbons (Fsp3) is 0.222. The molecular weight excluding hydrogens is 395 g/mol. The highest BCUT2D eigenvalue weighted by Crippen LogP contribution is 2.28. The van der Waals surface area contributed by atoms with Gasteiger partial charge in [0.1, 0.15) is 12.6 Å². The first-order valence-electron chi connectivity index (χ1n) is 7.85. The number of ether oxygens (including phenoxy) is 1. The first-order valence-corrected chi connectivity index (χ1v) is 9.76. The quantitative estimate of drug-likeness (QED) is 0.796. The molecule has 0 aromatic heterocycles. The minimum atomic E-state index is -0.627. The van der Waals surface area contributed by atoms with Crippen LogP contribution in [0.25, 0.3) is 0 Å². The molecule has 0 bridgehead atoms. The third-order valence-electron chi connectivity index (χ3n) is 3.81. The number of thioether (sulfide) groups is 1. The lowest BCUT2D eigenvalue weighted by atomic mass is 10.2. The molecule has 1 aliphatic heterocycles. The van der Waals surface area contributed by atoms with Gasteiger partial charge in [-0.05, 0) is 23.8 Å². The average Bonchev–Trinajstić information content (AvgIpc) is 3.13. The molecule has 1 aliphatic rings. The lowest BCUT2D eigenvalue weighted by Crippen LogP contribution is -2.44. The monoisotopic (exact) mass is 410 g/mol. The van der Waals surface area contributed by atoms with Crippen LogP contribution in [0, 0.1) is 0 Å². The van der Waals surface area contributed by atoms with E-state index in [1.807, 2.05) is 30.3 Å². The number of halogens is 2. The third kappa shape index (κ3) is 4.63. The maximum Gasteiger partial charge on any atom is 0.411 e. The molecule has 0 saturated carbocycles. The Bertz CT molecular complexity index is 804. The maximum atomic E-state index is 12.6. The van der Waals surface area contributed by atoms with Crippen molar-refractivity contribution in [3.63, 3.8) is 0 Å². The number of carbonyl (C=O) groups excluding carboxylic acids is 2. The summed E-state index contributed by atoms with van der Waals surface area (Å²) in [5.74, 6) is 0.565. The van der Waals surface area contributed by atoms with Gasteiger partial charge in [0.05, 0.1) is 16.6 Å². The molecule has 2 amide bonds. The Morgan fingerprint density at radius 2 is 1.96 bits per heavy atom. The first-order chi connectivity index (χ1) is 12.5. The summed E-state index contributed by atoms with van der Waals surface area (Å²) in [5, 5.41) is 3.58. The van der Waals surface area contributed by atoms with E-state index < -0.39 is 12.1 Å². The van der Waals surface area contributed by atoms with Crippen LogP contribution in [0.4, 0.5) is 10.5 Å². The number of nitrogens with zero attached hydrogens (tertiary/aromatic N) is 1. The molecular formula is C18H16Cl2N2O3S. The highest BCUT2D eigenvalue weighted by molar-refractivity contribution is 7.99. The lowest BCUT2D eigenvalue weighted by Gasteiger charge is -2.22. The Morgan fingerprint density at radius 1 is 1.19 bits per heavy atom. The van der Waals surface area contributed by atoms with Gasteiger partial charge < -0.3 is 10.1 Å². The van der Waals surface area contributed by atoms with Crippen molar-refractivity contribution in [2.75, 3.05) is 16.9 Å². The van der Waals surface area contributed by atoms with Crippen LogP contribution in [0.1, 0.15) is 5.56 Å². The molecule has 0 aliphatic carbocycles. The maximum absolute atomic E-state index is 12.6. The van der Waals surface area contributed by atoms with Gasteiger partial charge in [0.2, 0.25) is 5.91 Å². The van der Waals surface area contributed by atoms with E-state index >= 15 is 0 Å². The van der Waals surface area contributed by atoms with Gasteiger partial charge in [-0.15, -0.1) is 11.8 Å². The molecule has 3 rings (SSSR count). The molecule has 136 valence electrons. The first kappa shape index (κ1) is 18.9. The number of anilines is 1. The van der Waals surface area contributed by atoms with Crippen molar-refractivity contribution in [2.45, 2.75) is 12.6 Å². The number of nitrogens with one attached hydrogen (secondary N) is 1. The van der Waals surface area contributed by atoms with Crippen LogP contribution >= 0.6 is 35.0 Å². The topological polar surface area (TPSA) is 58.6 Å². The zero-order valence-corrected chi connectivity index (χ0v) is 16.0. The van der Waals surface area contributed by atoms with E-state index in [2.05, 4.69) is 5.32 Å². The molecule has 2 aromatic carbocycles. The number of hydrogen-bond donors (Lipinski definition) is 1. The average molecular weight is 411 g/mol. The Balaban J connectivity index is 1.62. The molecule has 0 spiro atoms. The van der Waals surface area contributed by atoms with Crippen molar-refractivity contribution in [3.8, 4) is 0 Å². The Hall–Kier alpha value is -1.89. The third-order valence-corrected chi connectivity index (χ3v) is 5.39. The highest BCUT2D eigenvalue weighted by Gasteiger charge is 2.36. The molecule has 1 saturated heterocycles. The summed E-state index contributed by atoms with van der Waals surface area (Å²) in [6, 6.07) is 13.6.